The molecule has 1 aliphatic heterocycles. The summed E-state index contributed by atoms with van der Waals surface area (Å²) >= 11 is 0. The van der Waals surface area contributed by atoms with E-state index in [-0.39, 0.29) is 25.0 Å². The highest BCUT2D eigenvalue weighted by Crippen LogP contribution is 2.22. The van der Waals surface area contributed by atoms with Crippen LogP contribution in [0.25, 0.3) is 0 Å². The molecule has 5 nitrogen and oxygen atoms in total. The molecule has 2 aromatic carbocycles. The lowest BCUT2D eigenvalue weighted by Crippen LogP contribution is -3.00. The maximum Gasteiger partial charge on any atom is 0.337 e. The van der Waals surface area contributed by atoms with Gasteiger partial charge in [0.05, 0.1) is 12.7 Å². The first-order valence-electron chi connectivity index (χ1n) is 9.89. The summed E-state index contributed by atoms with van der Waals surface area (Å²) in [4.78, 5) is 13.7. The summed E-state index contributed by atoms with van der Waals surface area (Å²) < 4.78 is 10.3. The van der Waals surface area contributed by atoms with E-state index >= 15 is 0 Å². The minimum Gasteiger partial charge on any atom is -1.00 e. The van der Waals surface area contributed by atoms with Gasteiger partial charge in [0.25, 0.3) is 0 Å². The Morgan fingerprint density at radius 1 is 1.10 bits per heavy atom. The third kappa shape index (κ3) is 7.35. The Balaban J connectivity index is 0.00000300. The molecule has 0 spiro atoms. The van der Waals surface area contributed by atoms with Crippen molar-refractivity contribution in [2.75, 3.05) is 33.4 Å². The number of benzene rings is 2. The molecule has 1 unspecified atom stereocenters. The van der Waals surface area contributed by atoms with Crippen molar-refractivity contribution in [2.45, 2.75) is 25.4 Å². The Bertz CT molecular complexity index is 730. The SMILES string of the molecule is COC(=O)c1ccc(OCC(O)CN2CCC(Cc3ccccc3)CC2)cc1.[Cl-]. The molecule has 1 saturated heterocycles. The second-order valence-corrected chi connectivity index (χ2v) is 7.41. The van der Waals surface area contributed by atoms with E-state index in [1.807, 2.05) is 0 Å². The molecule has 158 valence electrons. The van der Waals surface area contributed by atoms with Crippen LogP contribution in [0.1, 0.15) is 28.8 Å². The van der Waals surface area contributed by atoms with E-state index in [1.54, 1.807) is 24.3 Å². The van der Waals surface area contributed by atoms with E-state index in [0.717, 1.165) is 38.3 Å². The standard InChI is InChI=1S/C23H29NO4.ClH/c1-27-23(26)20-7-9-22(10-8-20)28-17-21(25)16-24-13-11-19(12-14-24)15-18-5-3-2-4-6-18;/h2-10,19,21,25H,11-17H2,1H3;1H/p-1. The number of piperidine rings is 1. The van der Waals surface area contributed by atoms with E-state index in [4.69, 9.17) is 4.74 Å². The van der Waals surface area contributed by atoms with Crippen molar-refractivity contribution >= 4 is 5.97 Å². The monoisotopic (exact) mass is 418 g/mol. The first-order valence-corrected chi connectivity index (χ1v) is 9.89. The van der Waals surface area contributed by atoms with Crippen molar-refractivity contribution in [1.29, 1.82) is 0 Å². The van der Waals surface area contributed by atoms with Crippen molar-refractivity contribution < 1.29 is 31.8 Å². The number of likely N-dealkylation sites (tertiary alicyclic amines) is 1. The number of hydrogen-bond donors (Lipinski definition) is 1. The summed E-state index contributed by atoms with van der Waals surface area (Å²) in [5.41, 5.74) is 1.89. The Morgan fingerprint density at radius 3 is 2.38 bits per heavy atom. The van der Waals surface area contributed by atoms with E-state index in [9.17, 15) is 9.90 Å². The molecule has 0 bridgehead atoms. The molecule has 1 atom stereocenters. The quantitative estimate of drug-likeness (QED) is 0.619. The molecule has 0 aromatic heterocycles. The molecular weight excluding hydrogens is 390 g/mol. The lowest BCUT2D eigenvalue weighted by Gasteiger charge is -2.33. The number of carbonyl (C=O) groups is 1. The molecule has 3 rings (SSSR count). The first kappa shape index (κ1) is 23.2. The minimum atomic E-state index is -0.536. The van der Waals surface area contributed by atoms with Crippen LogP contribution in [0.4, 0.5) is 0 Å². The third-order valence-corrected chi connectivity index (χ3v) is 5.26. The maximum atomic E-state index is 11.4. The van der Waals surface area contributed by atoms with Gasteiger partial charge in [0, 0.05) is 6.54 Å². The molecular formula is C23H29ClNO4-. The third-order valence-electron chi connectivity index (χ3n) is 5.26. The summed E-state index contributed by atoms with van der Waals surface area (Å²) in [6, 6.07) is 17.4. The van der Waals surface area contributed by atoms with E-state index < -0.39 is 6.10 Å². The zero-order valence-corrected chi connectivity index (χ0v) is 17.6. The number of methoxy groups -OCH3 is 1. The number of aliphatic hydroxyl groups is 1. The van der Waals surface area contributed by atoms with Gasteiger partial charge in [-0.05, 0) is 68.1 Å². The highest BCUT2D eigenvalue weighted by atomic mass is 35.5. The molecule has 29 heavy (non-hydrogen) atoms. The number of nitrogens with zero attached hydrogens (tertiary/aromatic N) is 1. The van der Waals surface area contributed by atoms with Gasteiger partial charge in [-0.25, -0.2) is 4.79 Å². The van der Waals surface area contributed by atoms with Crippen molar-refractivity contribution in [3.05, 3.63) is 65.7 Å². The lowest BCUT2D eigenvalue weighted by molar-refractivity contribution is -0.0000224. The molecule has 1 aliphatic rings. The number of β-amino-alcohol motifs (C(OH)–C–C–N with tert-alkyl or cyclic N) is 1. The molecule has 2 aromatic rings. The van der Waals surface area contributed by atoms with Gasteiger partial charge in [-0.2, -0.15) is 0 Å². The van der Waals surface area contributed by atoms with Gasteiger partial charge in [0.2, 0.25) is 0 Å². The fraction of sp³-hybridized carbons (Fsp3) is 0.435. The van der Waals surface area contributed by atoms with Crippen LogP contribution < -0.4 is 17.1 Å². The molecule has 0 aliphatic carbocycles. The topological polar surface area (TPSA) is 59.0 Å². The van der Waals surface area contributed by atoms with Crippen LogP contribution in [0, 0.1) is 5.92 Å². The van der Waals surface area contributed by atoms with Crippen molar-refractivity contribution in [3.8, 4) is 5.75 Å². The number of ether oxygens (including phenoxy) is 2. The van der Waals surface area contributed by atoms with Gasteiger partial charge in [-0.3, -0.25) is 0 Å². The second kappa shape index (κ2) is 11.8. The van der Waals surface area contributed by atoms with E-state index in [2.05, 4.69) is 40.0 Å². The van der Waals surface area contributed by atoms with Crippen molar-refractivity contribution in [1.82, 2.24) is 4.90 Å². The predicted molar refractivity (Wildman–Crippen MR) is 109 cm³/mol. The zero-order chi connectivity index (χ0) is 19.8. The fourth-order valence-electron chi connectivity index (χ4n) is 3.67. The highest BCUT2D eigenvalue weighted by Gasteiger charge is 2.21. The Morgan fingerprint density at radius 2 is 1.76 bits per heavy atom. The Hall–Kier alpha value is -2.08. The number of aliphatic hydroxyl groups excluding tert-OH is 1. The van der Waals surface area contributed by atoms with E-state index in [0.29, 0.717) is 17.9 Å². The Kier molecular flexibility index (Phi) is 9.45. The minimum absolute atomic E-state index is 0. The average molecular weight is 419 g/mol. The molecule has 1 fully saturated rings. The molecule has 1 heterocycles. The van der Waals surface area contributed by atoms with Crippen LogP contribution in [0.3, 0.4) is 0 Å². The smallest absolute Gasteiger partial charge is 0.337 e. The summed E-state index contributed by atoms with van der Waals surface area (Å²) in [7, 11) is 1.35. The van der Waals surface area contributed by atoms with Gasteiger partial charge < -0.3 is 31.9 Å². The van der Waals surface area contributed by atoms with Crippen molar-refractivity contribution in [2.24, 2.45) is 5.92 Å². The van der Waals surface area contributed by atoms with Crippen LogP contribution >= 0.6 is 0 Å². The Labute approximate surface area is 179 Å². The van der Waals surface area contributed by atoms with Crippen LogP contribution in [0.2, 0.25) is 0 Å². The molecule has 0 saturated carbocycles. The number of esters is 1. The predicted octanol–water partition coefficient (Wildman–Crippen LogP) is 0.172. The van der Waals surface area contributed by atoms with Gasteiger partial charge >= 0.3 is 5.97 Å². The van der Waals surface area contributed by atoms with Crippen molar-refractivity contribution in [3.63, 3.8) is 0 Å². The van der Waals surface area contributed by atoms with Gasteiger partial charge in [-0.15, -0.1) is 0 Å². The maximum absolute atomic E-state index is 11.4. The highest BCUT2D eigenvalue weighted by molar-refractivity contribution is 5.89. The van der Waals surface area contributed by atoms with E-state index in [1.165, 1.54) is 12.7 Å². The largest absolute Gasteiger partial charge is 1.00 e. The lowest BCUT2D eigenvalue weighted by atomic mass is 9.90. The van der Waals surface area contributed by atoms with Crippen LogP contribution in [0.5, 0.6) is 5.75 Å². The first-order chi connectivity index (χ1) is 13.6. The van der Waals surface area contributed by atoms with Crippen LogP contribution in [0.15, 0.2) is 54.6 Å². The summed E-state index contributed by atoms with van der Waals surface area (Å²) in [6.07, 6.45) is 2.93. The van der Waals surface area contributed by atoms with Gasteiger partial charge in [-0.1, -0.05) is 30.3 Å². The number of rotatable bonds is 8. The fourth-order valence-corrected chi connectivity index (χ4v) is 3.67. The molecule has 0 amide bonds. The number of hydrogen-bond acceptors (Lipinski definition) is 5. The van der Waals surface area contributed by atoms with Crippen LogP contribution in [-0.4, -0.2) is 55.4 Å². The average Bonchev–Trinajstić information content (AvgIpc) is 2.74. The summed E-state index contributed by atoms with van der Waals surface area (Å²) in [6.45, 7) is 2.89. The molecule has 0 radical (unpaired) electrons. The number of halogens is 1. The zero-order valence-electron chi connectivity index (χ0n) is 16.8. The second-order valence-electron chi connectivity index (χ2n) is 7.41. The van der Waals surface area contributed by atoms with Gasteiger partial charge in [0.15, 0.2) is 0 Å². The normalized spacial score (nSPS) is 15.9. The van der Waals surface area contributed by atoms with Gasteiger partial charge in [0.1, 0.15) is 18.5 Å². The molecule has 1 N–H and O–H groups in total. The summed E-state index contributed by atoms with van der Waals surface area (Å²) in [5, 5.41) is 10.3. The molecule has 6 heteroatoms. The summed E-state index contributed by atoms with van der Waals surface area (Å²) in [5.74, 6) is 0.982. The van der Waals surface area contributed by atoms with Crippen LogP contribution in [-0.2, 0) is 11.2 Å². The number of carbonyl (C=O) groups excluding carboxylic acids is 1.